The molecule has 7 nitrogen and oxygen atoms in total. The standard InChI is InChI=1S/C26H30N2O5/c1-16(2)12-13-23(25(30)31)28-24(29)14-17(3)27-26(32)33-15-22-20-10-6-4-8-18(20)19-9-5-7-11-21(19)22/h4-12,17,22-23H,13-15H2,1-3H3,(H,27,32)(H,28,29)(H,30,31)/t17-,23?/m1/s1. The van der Waals surface area contributed by atoms with Crippen molar-refractivity contribution in [2.45, 2.75) is 51.6 Å². The molecule has 0 bridgehead atoms. The predicted molar refractivity (Wildman–Crippen MR) is 126 cm³/mol. The zero-order valence-electron chi connectivity index (χ0n) is 19.1. The first-order valence-electron chi connectivity index (χ1n) is 11.0. The molecule has 0 heterocycles. The lowest BCUT2D eigenvalue weighted by molar-refractivity contribution is -0.141. The number of fused-ring (bicyclic) bond motifs is 3. The number of aliphatic carboxylic acids is 1. The number of nitrogens with one attached hydrogen (secondary N) is 2. The van der Waals surface area contributed by atoms with Gasteiger partial charge in [-0.3, -0.25) is 4.79 Å². The summed E-state index contributed by atoms with van der Waals surface area (Å²) in [6.45, 7) is 5.58. The third-order valence-corrected chi connectivity index (χ3v) is 5.59. The number of carbonyl (C=O) groups excluding carboxylic acids is 2. The predicted octanol–water partition coefficient (Wildman–Crippen LogP) is 4.23. The van der Waals surface area contributed by atoms with Crippen LogP contribution in [0.15, 0.2) is 60.2 Å². The first-order valence-corrected chi connectivity index (χ1v) is 11.0. The van der Waals surface area contributed by atoms with Crippen LogP contribution in [0.5, 0.6) is 0 Å². The molecule has 2 aromatic rings. The number of allylic oxidation sites excluding steroid dienone is 1. The molecule has 174 valence electrons. The number of carbonyl (C=O) groups is 3. The summed E-state index contributed by atoms with van der Waals surface area (Å²) in [5, 5.41) is 14.4. The van der Waals surface area contributed by atoms with Crippen molar-refractivity contribution in [3.05, 3.63) is 71.3 Å². The highest BCUT2D eigenvalue weighted by Gasteiger charge is 2.29. The number of carboxylic acids is 1. The van der Waals surface area contributed by atoms with Gasteiger partial charge in [0.2, 0.25) is 5.91 Å². The van der Waals surface area contributed by atoms with E-state index in [0.29, 0.717) is 0 Å². The SMILES string of the molecule is CC(C)=CCC(NC(=O)C[C@@H](C)NC(=O)OCC1c2ccccc2-c2ccccc21)C(=O)O. The van der Waals surface area contributed by atoms with Crippen molar-refractivity contribution in [1.82, 2.24) is 10.6 Å². The highest BCUT2D eigenvalue weighted by molar-refractivity contribution is 5.84. The molecule has 3 rings (SSSR count). The Morgan fingerprint density at radius 3 is 2.12 bits per heavy atom. The molecule has 7 heteroatoms. The average molecular weight is 451 g/mol. The second-order valence-corrected chi connectivity index (χ2v) is 8.55. The van der Waals surface area contributed by atoms with Crippen LogP contribution in [0, 0.1) is 0 Å². The normalized spacial score (nSPS) is 13.8. The molecule has 0 radical (unpaired) electrons. The lowest BCUT2D eigenvalue weighted by Gasteiger charge is -2.18. The van der Waals surface area contributed by atoms with Crippen molar-refractivity contribution in [2.24, 2.45) is 0 Å². The minimum absolute atomic E-state index is 0.0480. The molecule has 1 unspecified atom stereocenters. The fourth-order valence-corrected chi connectivity index (χ4v) is 4.00. The summed E-state index contributed by atoms with van der Waals surface area (Å²) in [6.07, 6.45) is 1.30. The van der Waals surface area contributed by atoms with Gasteiger partial charge in [0.05, 0.1) is 0 Å². The van der Waals surface area contributed by atoms with Gasteiger partial charge < -0.3 is 20.5 Å². The van der Waals surface area contributed by atoms with Crippen molar-refractivity contribution in [3.63, 3.8) is 0 Å². The molecule has 0 saturated heterocycles. The van der Waals surface area contributed by atoms with Gasteiger partial charge in [0.1, 0.15) is 12.6 Å². The van der Waals surface area contributed by atoms with Crippen LogP contribution in [0.2, 0.25) is 0 Å². The molecule has 0 spiro atoms. The Hall–Kier alpha value is -3.61. The molecule has 1 aliphatic rings. The summed E-state index contributed by atoms with van der Waals surface area (Å²) in [5.74, 6) is -1.60. The summed E-state index contributed by atoms with van der Waals surface area (Å²) in [7, 11) is 0. The molecule has 3 N–H and O–H groups in total. The molecule has 33 heavy (non-hydrogen) atoms. The second kappa shape index (κ2) is 10.8. The van der Waals surface area contributed by atoms with Crippen LogP contribution >= 0.6 is 0 Å². The van der Waals surface area contributed by atoms with E-state index in [-0.39, 0.29) is 25.4 Å². The van der Waals surface area contributed by atoms with Gasteiger partial charge in [-0.15, -0.1) is 0 Å². The van der Waals surface area contributed by atoms with Gasteiger partial charge >= 0.3 is 12.1 Å². The van der Waals surface area contributed by atoms with Crippen molar-refractivity contribution in [1.29, 1.82) is 0 Å². The summed E-state index contributed by atoms with van der Waals surface area (Å²) < 4.78 is 5.49. The summed E-state index contributed by atoms with van der Waals surface area (Å²) in [4.78, 5) is 36.0. The number of ether oxygens (including phenoxy) is 1. The number of rotatable bonds is 9. The average Bonchev–Trinajstić information content (AvgIpc) is 3.08. The number of benzene rings is 2. The quantitative estimate of drug-likeness (QED) is 0.496. The third kappa shape index (κ3) is 6.22. The van der Waals surface area contributed by atoms with Crippen LogP contribution in [0.25, 0.3) is 11.1 Å². The van der Waals surface area contributed by atoms with Gasteiger partial charge in [0.25, 0.3) is 0 Å². The highest BCUT2D eigenvalue weighted by atomic mass is 16.5. The Labute approximate surface area is 193 Å². The minimum Gasteiger partial charge on any atom is -0.480 e. The number of alkyl carbamates (subject to hydrolysis) is 1. The van der Waals surface area contributed by atoms with Gasteiger partial charge in [-0.05, 0) is 49.4 Å². The number of carboxylic acid groups (broad SMARTS) is 1. The second-order valence-electron chi connectivity index (χ2n) is 8.55. The summed E-state index contributed by atoms with van der Waals surface area (Å²) in [5.41, 5.74) is 5.51. The van der Waals surface area contributed by atoms with E-state index in [1.54, 1.807) is 13.0 Å². The zero-order valence-corrected chi connectivity index (χ0v) is 19.1. The van der Waals surface area contributed by atoms with Crippen LogP contribution in [-0.2, 0) is 14.3 Å². The van der Waals surface area contributed by atoms with Gasteiger partial charge in [-0.25, -0.2) is 9.59 Å². The topological polar surface area (TPSA) is 105 Å². The Balaban J connectivity index is 1.51. The van der Waals surface area contributed by atoms with Crippen molar-refractivity contribution in [3.8, 4) is 11.1 Å². The maximum atomic E-state index is 12.4. The van der Waals surface area contributed by atoms with E-state index < -0.39 is 30.1 Å². The van der Waals surface area contributed by atoms with Crippen molar-refractivity contribution >= 4 is 18.0 Å². The highest BCUT2D eigenvalue weighted by Crippen LogP contribution is 2.44. The molecular formula is C26H30N2O5. The Morgan fingerprint density at radius 2 is 1.58 bits per heavy atom. The molecular weight excluding hydrogens is 420 g/mol. The lowest BCUT2D eigenvalue weighted by Crippen LogP contribution is -2.44. The van der Waals surface area contributed by atoms with Gasteiger partial charge in [0.15, 0.2) is 0 Å². The molecule has 0 aliphatic heterocycles. The monoisotopic (exact) mass is 450 g/mol. The van der Waals surface area contributed by atoms with E-state index in [9.17, 15) is 19.5 Å². The van der Waals surface area contributed by atoms with E-state index in [0.717, 1.165) is 27.8 Å². The smallest absolute Gasteiger partial charge is 0.407 e. The Bertz CT molecular complexity index is 1010. The van der Waals surface area contributed by atoms with E-state index in [2.05, 4.69) is 22.8 Å². The first kappa shape index (κ1) is 24.0. The first-order chi connectivity index (χ1) is 15.8. The van der Waals surface area contributed by atoms with Crippen LogP contribution < -0.4 is 10.6 Å². The molecule has 2 aromatic carbocycles. The Morgan fingerprint density at radius 1 is 1.00 bits per heavy atom. The Kier molecular flexibility index (Phi) is 7.87. The number of hydrogen-bond donors (Lipinski definition) is 3. The largest absolute Gasteiger partial charge is 0.480 e. The molecule has 2 amide bonds. The van der Waals surface area contributed by atoms with Crippen molar-refractivity contribution in [2.75, 3.05) is 6.61 Å². The molecule has 0 aromatic heterocycles. The van der Waals surface area contributed by atoms with Gasteiger partial charge in [-0.1, -0.05) is 60.2 Å². The fourth-order valence-electron chi connectivity index (χ4n) is 4.00. The van der Waals surface area contributed by atoms with Crippen LogP contribution in [0.4, 0.5) is 4.79 Å². The number of hydrogen-bond acceptors (Lipinski definition) is 4. The molecule has 0 fully saturated rings. The van der Waals surface area contributed by atoms with Crippen LogP contribution in [0.3, 0.4) is 0 Å². The van der Waals surface area contributed by atoms with Crippen molar-refractivity contribution < 1.29 is 24.2 Å². The van der Waals surface area contributed by atoms with E-state index in [1.807, 2.05) is 50.2 Å². The number of amides is 2. The molecule has 2 atom stereocenters. The van der Waals surface area contributed by atoms with Crippen LogP contribution in [0.1, 0.15) is 50.7 Å². The third-order valence-electron chi connectivity index (χ3n) is 5.59. The van der Waals surface area contributed by atoms with E-state index in [4.69, 9.17) is 4.74 Å². The van der Waals surface area contributed by atoms with Gasteiger partial charge in [0, 0.05) is 18.4 Å². The zero-order chi connectivity index (χ0) is 24.0. The minimum atomic E-state index is -1.10. The van der Waals surface area contributed by atoms with Gasteiger partial charge in [-0.2, -0.15) is 0 Å². The van der Waals surface area contributed by atoms with E-state index in [1.165, 1.54) is 0 Å². The lowest BCUT2D eigenvalue weighted by atomic mass is 9.98. The maximum absolute atomic E-state index is 12.4. The fraction of sp³-hybridized carbons (Fsp3) is 0.346. The maximum Gasteiger partial charge on any atom is 0.407 e. The van der Waals surface area contributed by atoms with E-state index >= 15 is 0 Å². The molecule has 1 aliphatic carbocycles. The van der Waals surface area contributed by atoms with Crippen LogP contribution in [-0.4, -0.2) is 41.8 Å². The summed E-state index contributed by atoms with van der Waals surface area (Å²) in [6, 6.07) is 14.6. The molecule has 0 saturated carbocycles. The summed E-state index contributed by atoms with van der Waals surface area (Å²) >= 11 is 0.